The number of guanidine groups is 1. The van der Waals surface area contributed by atoms with Crippen molar-refractivity contribution in [2.45, 2.75) is 51.2 Å². The van der Waals surface area contributed by atoms with Crippen LogP contribution >= 0.6 is 0 Å². The zero-order chi connectivity index (χ0) is 22.0. The zero-order valence-electron chi connectivity index (χ0n) is 17.5. The van der Waals surface area contributed by atoms with Crippen LogP contribution in [0.4, 0.5) is 19.0 Å². The minimum atomic E-state index is -4.50. The second-order valence-electron chi connectivity index (χ2n) is 7.82. The van der Waals surface area contributed by atoms with Gasteiger partial charge in [-0.25, -0.2) is 20.0 Å². The molecular formula is C22H25F3N6. The monoisotopic (exact) mass is 430 g/mol. The first-order valence-electron chi connectivity index (χ1n) is 10.5. The normalized spacial score (nSPS) is 19.8. The predicted molar refractivity (Wildman–Crippen MR) is 116 cm³/mol. The summed E-state index contributed by atoms with van der Waals surface area (Å²) in [5.41, 5.74) is 0.854. The lowest BCUT2D eigenvalue weighted by Gasteiger charge is -2.23. The molecule has 31 heavy (non-hydrogen) atoms. The van der Waals surface area contributed by atoms with Crippen LogP contribution in [0, 0.1) is 0 Å². The molecule has 0 spiro atoms. The number of nitrogens with one attached hydrogen (secondary N) is 2. The maximum atomic E-state index is 13.6. The Morgan fingerprint density at radius 2 is 1.87 bits per heavy atom. The average molecular weight is 430 g/mol. The lowest BCUT2D eigenvalue weighted by atomic mass is 9.94. The van der Waals surface area contributed by atoms with E-state index in [4.69, 9.17) is 0 Å². The molecule has 1 fully saturated rings. The number of benzene rings is 1. The maximum Gasteiger partial charge on any atom is 0.417 e. The molecule has 1 aromatic carbocycles. The number of anilines is 1. The van der Waals surface area contributed by atoms with E-state index in [-0.39, 0.29) is 23.3 Å². The second kappa shape index (κ2) is 8.74. The summed E-state index contributed by atoms with van der Waals surface area (Å²) in [6.07, 6.45) is -1.93. The quantitative estimate of drug-likeness (QED) is 0.741. The summed E-state index contributed by atoms with van der Waals surface area (Å²) >= 11 is 0. The van der Waals surface area contributed by atoms with Gasteiger partial charge >= 0.3 is 6.18 Å². The van der Waals surface area contributed by atoms with E-state index in [2.05, 4.69) is 30.6 Å². The van der Waals surface area contributed by atoms with Crippen molar-refractivity contribution < 1.29 is 13.2 Å². The molecule has 2 aromatic rings. The molecule has 1 saturated heterocycles. The van der Waals surface area contributed by atoms with E-state index in [1.54, 1.807) is 6.07 Å². The minimum absolute atomic E-state index is 0.0126. The number of alkyl halides is 3. The summed E-state index contributed by atoms with van der Waals surface area (Å²) in [6.45, 7) is 5.64. The van der Waals surface area contributed by atoms with Crippen molar-refractivity contribution >= 4 is 17.5 Å². The van der Waals surface area contributed by atoms with Gasteiger partial charge in [0.25, 0.3) is 0 Å². The topological polar surface area (TPSA) is 74.6 Å². The van der Waals surface area contributed by atoms with Gasteiger partial charge in [0.1, 0.15) is 5.82 Å². The average Bonchev–Trinajstić information content (AvgIpc) is 3.12. The third-order valence-electron chi connectivity index (χ3n) is 5.65. The molecule has 2 aliphatic rings. The molecule has 0 radical (unpaired) electrons. The highest BCUT2D eigenvalue weighted by atomic mass is 19.4. The SMILES string of the molecule is CCC1N=C(Nc2cc(C3CCNCC3)nc(-c3ccccc3C(F)(F)F)n2)N=C1C. The van der Waals surface area contributed by atoms with Crippen LogP contribution in [-0.4, -0.2) is 40.8 Å². The van der Waals surface area contributed by atoms with E-state index >= 15 is 0 Å². The van der Waals surface area contributed by atoms with Gasteiger partial charge in [-0.05, 0) is 45.3 Å². The van der Waals surface area contributed by atoms with Crippen LogP contribution in [0.25, 0.3) is 11.4 Å². The Kier molecular flexibility index (Phi) is 6.04. The number of nitrogens with zero attached hydrogens (tertiary/aromatic N) is 4. The highest BCUT2D eigenvalue weighted by Crippen LogP contribution is 2.37. The van der Waals surface area contributed by atoms with Crippen LogP contribution < -0.4 is 10.6 Å². The first-order valence-corrected chi connectivity index (χ1v) is 10.5. The van der Waals surface area contributed by atoms with Gasteiger partial charge in [-0.15, -0.1) is 0 Å². The fourth-order valence-electron chi connectivity index (χ4n) is 3.98. The van der Waals surface area contributed by atoms with Crippen LogP contribution in [0.15, 0.2) is 40.3 Å². The summed E-state index contributed by atoms with van der Waals surface area (Å²) in [5, 5.41) is 6.40. The minimum Gasteiger partial charge on any atom is -0.317 e. The fraction of sp³-hybridized carbons (Fsp3) is 0.455. The molecule has 0 saturated carbocycles. The first kappa shape index (κ1) is 21.4. The molecule has 9 heteroatoms. The molecule has 1 atom stereocenters. The number of halogens is 3. The number of aromatic nitrogens is 2. The molecule has 164 valence electrons. The number of aliphatic imine (C=N–C) groups is 2. The summed E-state index contributed by atoms with van der Waals surface area (Å²) < 4.78 is 40.9. The number of hydrogen-bond acceptors (Lipinski definition) is 6. The Morgan fingerprint density at radius 1 is 1.13 bits per heavy atom. The van der Waals surface area contributed by atoms with Gasteiger partial charge in [0.15, 0.2) is 5.82 Å². The smallest absolute Gasteiger partial charge is 0.317 e. The number of piperidine rings is 1. The second-order valence-corrected chi connectivity index (χ2v) is 7.82. The van der Waals surface area contributed by atoms with Crippen LogP contribution in [0.3, 0.4) is 0 Å². The van der Waals surface area contributed by atoms with E-state index in [0.717, 1.165) is 49.8 Å². The molecular weight excluding hydrogens is 405 g/mol. The van der Waals surface area contributed by atoms with E-state index in [1.807, 2.05) is 19.9 Å². The lowest BCUT2D eigenvalue weighted by Crippen LogP contribution is -2.27. The van der Waals surface area contributed by atoms with Crippen molar-refractivity contribution in [1.29, 1.82) is 0 Å². The molecule has 6 nitrogen and oxygen atoms in total. The number of hydrogen-bond donors (Lipinski definition) is 2. The van der Waals surface area contributed by atoms with Gasteiger partial charge in [-0.2, -0.15) is 13.2 Å². The Morgan fingerprint density at radius 3 is 2.55 bits per heavy atom. The molecule has 3 heterocycles. The van der Waals surface area contributed by atoms with Crippen molar-refractivity contribution in [2.24, 2.45) is 9.98 Å². The van der Waals surface area contributed by atoms with E-state index in [9.17, 15) is 13.2 Å². The van der Waals surface area contributed by atoms with Crippen LogP contribution in [-0.2, 0) is 6.18 Å². The summed E-state index contributed by atoms with van der Waals surface area (Å²) in [4.78, 5) is 18.0. The molecule has 0 amide bonds. The fourth-order valence-corrected chi connectivity index (χ4v) is 3.98. The van der Waals surface area contributed by atoms with Crippen molar-refractivity contribution in [1.82, 2.24) is 15.3 Å². The van der Waals surface area contributed by atoms with Crippen LogP contribution in [0.1, 0.15) is 50.3 Å². The molecule has 2 N–H and O–H groups in total. The Balaban J connectivity index is 1.76. The van der Waals surface area contributed by atoms with E-state index in [1.165, 1.54) is 12.1 Å². The molecule has 0 aliphatic carbocycles. The van der Waals surface area contributed by atoms with Crippen molar-refractivity contribution in [3.8, 4) is 11.4 Å². The van der Waals surface area contributed by atoms with Gasteiger partial charge < -0.3 is 10.6 Å². The van der Waals surface area contributed by atoms with Gasteiger partial charge in [0.2, 0.25) is 5.96 Å². The van der Waals surface area contributed by atoms with Crippen molar-refractivity contribution in [3.63, 3.8) is 0 Å². The van der Waals surface area contributed by atoms with Crippen LogP contribution in [0.5, 0.6) is 0 Å². The Hall–Kier alpha value is -2.81. The van der Waals surface area contributed by atoms with Gasteiger partial charge in [-0.3, -0.25) is 0 Å². The summed E-state index contributed by atoms with van der Waals surface area (Å²) in [7, 11) is 0. The maximum absolute atomic E-state index is 13.6. The van der Waals surface area contributed by atoms with Gasteiger partial charge in [0.05, 0.1) is 11.6 Å². The molecule has 4 rings (SSSR count). The first-order chi connectivity index (χ1) is 14.8. The molecule has 2 aliphatic heterocycles. The standard InChI is InChI=1S/C22H25F3N6/c1-3-17-13(2)27-21(29-17)31-19-12-18(14-8-10-26-11-9-14)28-20(30-19)15-6-4-5-7-16(15)22(23,24)25/h4-7,12,14,17,26H,3,8-11H2,1-2H3,(H,28,29,30,31). The van der Waals surface area contributed by atoms with Gasteiger partial charge in [-0.1, -0.05) is 25.1 Å². The van der Waals surface area contributed by atoms with E-state index < -0.39 is 11.7 Å². The Bertz CT molecular complexity index is 1010. The highest BCUT2D eigenvalue weighted by molar-refractivity contribution is 6.08. The largest absolute Gasteiger partial charge is 0.417 e. The van der Waals surface area contributed by atoms with Crippen molar-refractivity contribution in [2.75, 3.05) is 18.4 Å². The predicted octanol–water partition coefficient (Wildman–Crippen LogP) is 4.65. The summed E-state index contributed by atoms with van der Waals surface area (Å²) in [5.74, 6) is 1.04. The van der Waals surface area contributed by atoms with Gasteiger partial charge in [0, 0.05) is 29.0 Å². The number of rotatable bonds is 4. The lowest BCUT2D eigenvalue weighted by molar-refractivity contribution is -0.137. The molecule has 1 aromatic heterocycles. The zero-order valence-corrected chi connectivity index (χ0v) is 17.5. The van der Waals surface area contributed by atoms with Crippen molar-refractivity contribution in [3.05, 3.63) is 41.6 Å². The van der Waals surface area contributed by atoms with Crippen LogP contribution in [0.2, 0.25) is 0 Å². The third-order valence-corrected chi connectivity index (χ3v) is 5.65. The van der Waals surface area contributed by atoms with E-state index in [0.29, 0.717) is 11.8 Å². The molecule has 0 bridgehead atoms. The molecule has 1 unspecified atom stereocenters. The highest BCUT2D eigenvalue weighted by Gasteiger charge is 2.34. The third kappa shape index (κ3) is 4.76. The Labute approximate surface area is 179 Å². The summed E-state index contributed by atoms with van der Waals surface area (Å²) in [6, 6.07) is 7.23.